The van der Waals surface area contributed by atoms with Crippen molar-refractivity contribution in [3.63, 3.8) is 0 Å². The number of carbonyl (C=O) groups is 1. The Morgan fingerprint density at radius 2 is 1.86 bits per heavy atom. The zero-order valence-corrected chi connectivity index (χ0v) is 16.2. The average Bonchev–Trinajstić information content (AvgIpc) is 2.74. The summed E-state index contributed by atoms with van der Waals surface area (Å²) < 4.78 is 0. The maximum atomic E-state index is 12.9. The molecule has 4 nitrogen and oxygen atoms in total. The first kappa shape index (κ1) is 18.2. The molecule has 0 fully saturated rings. The Hall–Kier alpha value is -3.18. The van der Waals surface area contributed by atoms with Gasteiger partial charge in [0.25, 0.3) is 5.91 Å². The first-order valence-corrected chi connectivity index (χ1v) is 9.82. The Morgan fingerprint density at radius 3 is 2.64 bits per heavy atom. The zero-order valence-electron chi connectivity index (χ0n) is 15.4. The van der Waals surface area contributed by atoms with Crippen LogP contribution in [0.3, 0.4) is 0 Å². The van der Waals surface area contributed by atoms with Crippen molar-refractivity contribution in [2.75, 3.05) is 0 Å². The first-order valence-electron chi connectivity index (χ1n) is 9.00. The summed E-state index contributed by atoms with van der Waals surface area (Å²) in [5.41, 5.74) is 3.62. The molecule has 0 bridgehead atoms. The highest BCUT2D eigenvalue weighted by atomic mass is 32.2. The van der Waals surface area contributed by atoms with E-state index in [1.165, 1.54) is 5.56 Å². The van der Waals surface area contributed by atoms with Gasteiger partial charge < -0.3 is 5.32 Å². The van der Waals surface area contributed by atoms with Crippen LogP contribution in [0.25, 0.3) is 10.9 Å². The third-order valence-corrected chi connectivity index (χ3v) is 5.28. The molecule has 0 aliphatic carbocycles. The van der Waals surface area contributed by atoms with Gasteiger partial charge in [-0.1, -0.05) is 53.7 Å². The summed E-state index contributed by atoms with van der Waals surface area (Å²) in [6.45, 7) is 2.50. The van der Waals surface area contributed by atoms with Crippen molar-refractivity contribution < 1.29 is 4.79 Å². The Morgan fingerprint density at radius 1 is 1.04 bits per heavy atom. The molecule has 2 heterocycles. The number of nitrogens with zero attached hydrogens (tertiary/aromatic N) is 2. The number of aromatic nitrogens is 2. The largest absolute Gasteiger partial charge is 0.348 e. The summed E-state index contributed by atoms with van der Waals surface area (Å²) in [7, 11) is 0. The number of pyridine rings is 2. The van der Waals surface area contributed by atoms with Gasteiger partial charge >= 0.3 is 0 Å². The van der Waals surface area contributed by atoms with E-state index in [0.29, 0.717) is 12.1 Å². The fourth-order valence-electron chi connectivity index (χ4n) is 2.90. The standard InChI is InChI=1S/C23H19N3OS/c1-16-8-10-18(11-9-16)28-22-13-20(19-6-2-3-7-21(19)26-22)23(27)25-15-17-5-4-12-24-14-17/h2-14H,15H2,1H3,(H,25,27). The number of nitrogens with one attached hydrogen (secondary N) is 1. The Bertz CT molecular complexity index is 1110. The van der Waals surface area contributed by atoms with Crippen LogP contribution < -0.4 is 5.32 Å². The maximum Gasteiger partial charge on any atom is 0.252 e. The third-order valence-electron chi connectivity index (χ3n) is 4.36. The smallest absolute Gasteiger partial charge is 0.252 e. The van der Waals surface area contributed by atoms with Crippen LogP contribution >= 0.6 is 11.8 Å². The molecule has 4 rings (SSSR count). The number of fused-ring (bicyclic) bond motifs is 1. The summed E-state index contributed by atoms with van der Waals surface area (Å²) >= 11 is 1.56. The molecule has 2 aromatic carbocycles. The van der Waals surface area contributed by atoms with Gasteiger partial charge in [-0.3, -0.25) is 9.78 Å². The monoisotopic (exact) mass is 385 g/mol. The minimum absolute atomic E-state index is 0.117. The minimum atomic E-state index is -0.117. The second-order valence-corrected chi connectivity index (χ2v) is 7.58. The van der Waals surface area contributed by atoms with Gasteiger partial charge in [0.05, 0.1) is 11.1 Å². The molecule has 1 N–H and O–H groups in total. The van der Waals surface area contributed by atoms with Gasteiger partial charge in [0, 0.05) is 29.2 Å². The topological polar surface area (TPSA) is 54.9 Å². The van der Waals surface area contributed by atoms with Crippen LogP contribution in [0, 0.1) is 6.92 Å². The predicted octanol–water partition coefficient (Wildman–Crippen LogP) is 5.02. The van der Waals surface area contributed by atoms with Gasteiger partial charge in [-0.05, 0) is 42.8 Å². The zero-order chi connectivity index (χ0) is 19.3. The van der Waals surface area contributed by atoms with Crippen molar-refractivity contribution in [2.45, 2.75) is 23.4 Å². The lowest BCUT2D eigenvalue weighted by molar-refractivity contribution is 0.0952. The lowest BCUT2D eigenvalue weighted by Crippen LogP contribution is -2.23. The van der Waals surface area contributed by atoms with Crippen molar-refractivity contribution in [2.24, 2.45) is 0 Å². The van der Waals surface area contributed by atoms with Crippen molar-refractivity contribution in [1.82, 2.24) is 15.3 Å². The van der Waals surface area contributed by atoms with Crippen LogP contribution in [0.4, 0.5) is 0 Å². The van der Waals surface area contributed by atoms with E-state index < -0.39 is 0 Å². The fourth-order valence-corrected chi connectivity index (χ4v) is 3.73. The summed E-state index contributed by atoms with van der Waals surface area (Å²) in [5.74, 6) is -0.117. The quantitative estimate of drug-likeness (QED) is 0.524. The molecule has 138 valence electrons. The van der Waals surface area contributed by atoms with Crippen molar-refractivity contribution >= 4 is 28.6 Å². The van der Waals surface area contributed by atoms with Crippen LogP contribution in [0.1, 0.15) is 21.5 Å². The van der Waals surface area contributed by atoms with Crippen LogP contribution in [0.5, 0.6) is 0 Å². The molecule has 0 aliphatic rings. The van der Waals surface area contributed by atoms with E-state index in [4.69, 9.17) is 4.98 Å². The van der Waals surface area contributed by atoms with Crippen molar-refractivity contribution in [3.8, 4) is 0 Å². The van der Waals surface area contributed by atoms with Crippen LogP contribution in [0.2, 0.25) is 0 Å². The van der Waals surface area contributed by atoms with Gasteiger partial charge in [-0.25, -0.2) is 4.98 Å². The third kappa shape index (κ3) is 4.21. The molecule has 2 aromatic heterocycles. The molecular weight excluding hydrogens is 366 g/mol. The van der Waals surface area contributed by atoms with Crippen LogP contribution in [-0.4, -0.2) is 15.9 Å². The molecule has 0 saturated heterocycles. The van der Waals surface area contributed by atoms with Gasteiger partial charge in [-0.2, -0.15) is 0 Å². The highest BCUT2D eigenvalue weighted by Gasteiger charge is 2.13. The second-order valence-electron chi connectivity index (χ2n) is 6.48. The predicted molar refractivity (Wildman–Crippen MR) is 112 cm³/mol. The van der Waals surface area contributed by atoms with Crippen molar-refractivity contribution in [1.29, 1.82) is 0 Å². The summed E-state index contributed by atoms with van der Waals surface area (Å²) in [5, 5.41) is 4.64. The highest BCUT2D eigenvalue weighted by Crippen LogP contribution is 2.30. The lowest BCUT2D eigenvalue weighted by atomic mass is 10.1. The van der Waals surface area contributed by atoms with E-state index in [2.05, 4.69) is 41.5 Å². The number of amides is 1. The van der Waals surface area contributed by atoms with Crippen LogP contribution in [-0.2, 0) is 6.54 Å². The summed E-state index contributed by atoms with van der Waals surface area (Å²) in [4.78, 5) is 22.8. The Labute approximate surface area is 168 Å². The molecule has 0 unspecified atom stereocenters. The summed E-state index contributed by atoms with van der Waals surface area (Å²) in [6.07, 6.45) is 3.47. The molecule has 0 saturated carbocycles. The van der Waals surface area contributed by atoms with Gasteiger partial charge in [0.2, 0.25) is 0 Å². The molecule has 5 heteroatoms. The number of hydrogen-bond acceptors (Lipinski definition) is 4. The lowest BCUT2D eigenvalue weighted by Gasteiger charge is -2.10. The van der Waals surface area contributed by atoms with Gasteiger partial charge in [-0.15, -0.1) is 0 Å². The fraction of sp³-hybridized carbons (Fsp3) is 0.0870. The number of hydrogen-bond donors (Lipinski definition) is 1. The highest BCUT2D eigenvalue weighted by molar-refractivity contribution is 7.99. The van der Waals surface area contributed by atoms with E-state index in [1.54, 1.807) is 24.2 Å². The second kappa shape index (κ2) is 8.23. The number of benzene rings is 2. The van der Waals surface area contributed by atoms with Gasteiger partial charge in [0.15, 0.2) is 0 Å². The molecule has 4 aromatic rings. The number of para-hydroxylation sites is 1. The van der Waals surface area contributed by atoms with E-state index in [0.717, 1.165) is 26.4 Å². The molecule has 0 spiro atoms. The molecule has 1 amide bonds. The SMILES string of the molecule is Cc1ccc(Sc2cc(C(=O)NCc3cccnc3)c3ccccc3n2)cc1. The molecule has 0 radical (unpaired) electrons. The summed E-state index contributed by atoms with van der Waals surface area (Å²) in [6, 6.07) is 21.7. The molecule has 0 aliphatic heterocycles. The average molecular weight is 385 g/mol. The Kier molecular flexibility index (Phi) is 5.35. The van der Waals surface area contributed by atoms with Crippen molar-refractivity contribution in [3.05, 3.63) is 95.8 Å². The molecular formula is C23H19N3OS. The van der Waals surface area contributed by atoms with E-state index in [-0.39, 0.29) is 5.91 Å². The number of aryl methyl sites for hydroxylation is 1. The van der Waals surface area contributed by atoms with E-state index in [1.807, 2.05) is 42.5 Å². The van der Waals surface area contributed by atoms with E-state index >= 15 is 0 Å². The minimum Gasteiger partial charge on any atom is -0.348 e. The van der Waals surface area contributed by atoms with Crippen LogP contribution in [0.15, 0.2) is 89.0 Å². The molecule has 0 atom stereocenters. The number of rotatable bonds is 5. The normalized spacial score (nSPS) is 10.8. The first-order chi connectivity index (χ1) is 13.7. The Balaban J connectivity index is 1.64. The number of carbonyl (C=O) groups excluding carboxylic acids is 1. The van der Waals surface area contributed by atoms with Gasteiger partial charge in [0.1, 0.15) is 5.03 Å². The molecule has 28 heavy (non-hydrogen) atoms. The van der Waals surface area contributed by atoms with E-state index in [9.17, 15) is 4.79 Å². The maximum absolute atomic E-state index is 12.9.